The van der Waals surface area contributed by atoms with Gasteiger partial charge in [0.05, 0.1) is 18.2 Å². The molecule has 0 saturated heterocycles. The van der Waals surface area contributed by atoms with Crippen molar-refractivity contribution in [2.45, 2.75) is 94.7 Å². The number of nitrogens with zero attached hydrogens (tertiary/aromatic N) is 1. The maximum Gasteiger partial charge on any atom is 0.328 e. The maximum atomic E-state index is 12.0. The van der Waals surface area contributed by atoms with Gasteiger partial charge >= 0.3 is 5.97 Å². The highest BCUT2D eigenvalue weighted by molar-refractivity contribution is 5.84. The van der Waals surface area contributed by atoms with E-state index >= 15 is 0 Å². The van der Waals surface area contributed by atoms with E-state index in [1.807, 2.05) is 18.3 Å². The number of fused-ring (bicyclic) bond motifs is 1. The number of benzene rings is 2. The van der Waals surface area contributed by atoms with E-state index in [4.69, 9.17) is 10.8 Å². The molecular weight excluding hydrogens is 554 g/mol. The minimum atomic E-state index is -0.988. The van der Waals surface area contributed by atoms with Crippen LogP contribution in [0.1, 0.15) is 82.1 Å². The van der Waals surface area contributed by atoms with Crippen LogP contribution in [0.5, 0.6) is 0 Å². The van der Waals surface area contributed by atoms with Crippen LogP contribution in [0.3, 0.4) is 0 Å². The first-order valence-electron chi connectivity index (χ1n) is 16.1. The van der Waals surface area contributed by atoms with E-state index in [9.17, 15) is 15.0 Å². The van der Waals surface area contributed by atoms with Crippen LogP contribution in [-0.4, -0.2) is 63.6 Å². The molecule has 0 aliphatic carbocycles. The van der Waals surface area contributed by atoms with Crippen molar-refractivity contribution in [1.29, 1.82) is 0 Å². The Morgan fingerprint density at radius 3 is 2.52 bits per heavy atom. The third-order valence-electron chi connectivity index (χ3n) is 8.63. The first-order chi connectivity index (χ1) is 21.4. The maximum absolute atomic E-state index is 12.0. The number of aliphatic hydroxyl groups is 2. The summed E-state index contributed by atoms with van der Waals surface area (Å²) in [5.41, 5.74) is 8.02. The molecule has 9 nitrogen and oxygen atoms in total. The SMILES string of the molecule is NC1=NCC[C@H](/C(=C\C(=O)O)[C@H](CC[C@H](CCC[C@H](O)CCCCCCO)c2ccc3ccccc3c2)Nc2ccc[nH]2)N1. The molecule has 4 atom stereocenters. The lowest BCUT2D eigenvalue weighted by Crippen LogP contribution is -2.48. The number of aromatic nitrogens is 1. The molecule has 0 amide bonds. The zero-order valence-corrected chi connectivity index (χ0v) is 25.6. The van der Waals surface area contributed by atoms with Crippen LogP contribution in [0.15, 0.2) is 77.4 Å². The largest absolute Gasteiger partial charge is 0.478 e. The van der Waals surface area contributed by atoms with E-state index in [1.54, 1.807) is 0 Å². The van der Waals surface area contributed by atoms with Crippen LogP contribution < -0.4 is 16.4 Å². The number of aromatic amines is 1. The number of guanidine groups is 1. The average molecular weight is 604 g/mol. The smallest absolute Gasteiger partial charge is 0.328 e. The Kier molecular flexibility index (Phi) is 13.1. The summed E-state index contributed by atoms with van der Waals surface area (Å²) >= 11 is 0. The highest BCUT2D eigenvalue weighted by Crippen LogP contribution is 2.33. The van der Waals surface area contributed by atoms with Gasteiger partial charge in [0.1, 0.15) is 5.82 Å². The van der Waals surface area contributed by atoms with Crippen molar-refractivity contribution in [3.63, 3.8) is 0 Å². The van der Waals surface area contributed by atoms with Crippen molar-refractivity contribution in [3.05, 3.63) is 78.0 Å². The van der Waals surface area contributed by atoms with E-state index in [-0.39, 0.29) is 30.7 Å². The van der Waals surface area contributed by atoms with Gasteiger partial charge in [-0.2, -0.15) is 0 Å². The number of anilines is 1. The Labute approximate surface area is 260 Å². The summed E-state index contributed by atoms with van der Waals surface area (Å²) in [6, 6.07) is 18.4. The first-order valence-corrected chi connectivity index (χ1v) is 16.1. The number of carboxylic acid groups (broad SMARTS) is 1. The van der Waals surface area contributed by atoms with Gasteiger partial charge in [-0.3, -0.25) is 4.99 Å². The Bertz CT molecular complexity index is 1360. The number of hydrogen-bond donors (Lipinski definition) is 7. The summed E-state index contributed by atoms with van der Waals surface area (Å²) in [4.78, 5) is 19.5. The number of aliphatic hydroxyl groups excluding tert-OH is 2. The van der Waals surface area contributed by atoms with E-state index in [2.05, 4.69) is 63.1 Å². The fourth-order valence-corrected chi connectivity index (χ4v) is 6.27. The van der Waals surface area contributed by atoms with Gasteiger partial charge in [0.2, 0.25) is 0 Å². The third-order valence-corrected chi connectivity index (χ3v) is 8.63. The van der Waals surface area contributed by atoms with Crippen LogP contribution in [0.4, 0.5) is 5.82 Å². The number of H-pyrrole nitrogens is 1. The second-order valence-electron chi connectivity index (χ2n) is 11.9. The predicted molar refractivity (Wildman–Crippen MR) is 178 cm³/mol. The Hall–Kier alpha value is -3.82. The van der Waals surface area contributed by atoms with E-state index in [1.165, 1.54) is 22.4 Å². The number of aliphatic carboxylic acids is 1. The molecule has 44 heavy (non-hydrogen) atoms. The van der Waals surface area contributed by atoms with Gasteiger partial charge < -0.3 is 36.7 Å². The van der Waals surface area contributed by atoms with Crippen molar-refractivity contribution < 1.29 is 20.1 Å². The summed E-state index contributed by atoms with van der Waals surface area (Å²) in [6.07, 6.45) is 12.2. The molecule has 9 heteroatoms. The molecule has 3 aromatic rings. The van der Waals surface area contributed by atoms with Crippen molar-refractivity contribution in [2.75, 3.05) is 18.5 Å². The molecule has 0 saturated carbocycles. The van der Waals surface area contributed by atoms with Crippen LogP contribution in [0, 0.1) is 0 Å². The molecule has 2 heterocycles. The lowest BCUT2D eigenvalue weighted by molar-refractivity contribution is -0.131. The molecule has 1 aromatic heterocycles. The van der Waals surface area contributed by atoms with Crippen molar-refractivity contribution in [1.82, 2.24) is 10.3 Å². The number of unbranched alkanes of at least 4 members (excludes halogenated alkanes) is 3. The number of hydrogen-bond acceptors (Lipinski definition) is 7. The number of aliphatic imine (C=N–C) groups is 1. The van der Waals surface area contributed by atoms with Crippen molar-refractivity contribution in [2.24, 2.45) is 10.7 Å². The van der Waals surface area contributed by atoms with Gasteiger partial charge in [-0.25, -0.2) is 4.79 Å². The van der Waals surface area contributed by atoms with Crippen LogP contribution in [0.25, 0.3) is 10.8 Å². The molecule has 0 fully saturated rings. The lowest BCUT2D eigenvalue weighted by Gasteiger charge is -2.32. The number of carboxylic acids is 1. The van der Waals surface area contributed by atoms with Crippen molar-refractivity contribution >= 4 is 28.5 Å². The Morgan fingerprint density at radius 1 is 0.977 bits per heavy atom. The number of rotatable bonds is 19. The van der Waals surface area contributed by atoms with Crippen LogP contribution in [0.2, 0.25) is 0 Å². The van der Waals surface area contributed by atoms with Crippen molar-refractivity contribution in [3.8, 4) is 0 Å². The van der Waals surface area contributed by atoms with Crippen LogP contribution in [-0.2, 0) is 4.79 Å². The summed E-state index contributed by atoms with van der Waals surface area (Å²) in [7, 11) is 0. The lowest BCUT2D eigenvalue weighted by atomic mass is 9.84. The van der Waals surface area contributed by atoms with Gasteiger partial charge in [0.25, 0.3) is 0 Å². The zero-order chi connectivity index (χ0) is 31.1. The molecule has 0 spiro atoms. The monoisotopic (exact) mass is 603 g/mol. The fourth-order valence-electron chi connectivity index (χ4n) is 6.27. The molecule has 0 radical (unpaired) electrons. The highest BCUT2D eigenvalue weighted by Gasteiger charge is 2.27. The van der Waals surface area contributed by atoms with Gasteiger partial charge in [-0.05, 0) is 84.9 Å². The number of nitrogens with one attached hydrogen (secondary N) is 3. The predicted octanol–water partition coefficient (Wildman–Crippen LogP) is 5.67. The standard InChI is InChI=1S/C35H49N5O4/c36-35-38-21-19-32(40-35)30(24-34(43)44)31(39-33-14-8-20-37-33)18-17-26(11-7-13-29(42)12-3-1-2-6-22-41)28-16-15-25-9-4-5-10-27(25)23-28/h4-5,8-10,14-16,20,23-24,26,29,31-32,37,39,41-42H,1-3,6-7,11-13,17-19,21-22H2,(H,43,44)(H3,36,38,40)/b30-24-/t26-,29+,31-,32+/m0/s1. The van der Waals surface area contributed by atoms with Crippen LogP contribution >= 0.6 is 0 Å². The second-order valence-corrected chi connectivity index (χ2v) is 11.9. The summed E-state index contributed by atoms with van der Waals surface area (Å²) in [5, 5.41) is 38.7. The summed E-state index contributed by atoms with van der Waals surface area (Å²) in [5.74, 6) is 0.407. The van der Waals surface area contributed by atoms with E-state index in [0.717, 1.165) is 69.2 Å². The molecular formula is C35H49N5O4. The molecule has 1 aliphatic heterocycles. The minimum absolute atomic E-state index is 0.229. The second kappa shape index (κ2) is 17.5. The highest BCUT2D eigenvalue weighted by atomic mass is 16.4. The van der Waals surface area contributed by atoms with Gasteiger partial charge in [-0.15, -0.1) is 0 Å². The molecule has 0 unspecified atom stereocenters. The molecule has 8 N–H and O–H groups in total. The number of carbonyl (C=O) groups is 1. The topological polar surface area (TPSA) is 156 Å². The molecule has 2 aromatic carbocycles. The Balaban J connectivity index is 1.51. The fraction of sp³-hybridized carbons (Fsp3) is 0.486. The molecule has 4 rings (SSSR count). The normalized spacial score (nSPS) is 17.5. The summed E-state index contributed by atoms with van der Waals surface area (Å²) < 4.78 is 0. The third kappa shape index (κ3) is 10.4. The minimum Gasteiger partial charge on any atom is -0.478 e. The van der Waals surface area contributed by atoms with E-state index < -0.39 is 5.97 Å². The van der Waals surface area contributed by atoms with Gasteiger partial charge in [-0.1, -0.05) is 68.1 Å². The quantitative estimate of drug-likeness (QED) is 0.0687. The molecule has 1 aliphatic rings. The zero-order valence-electron chi connectivity index (χ0n) is 25.6. The number of nitrogens with two attached hydrogens (primary N) is 1. The molecule has 238 valence electrons. The average Bonchev–Trinajstić information content (AvgIpc) is 3.54. The van der Waals surface area contributed by atoms with Gasteiger partial charge in [0, 0.05) is 25.4 Å². The molecule has 0 bridgehead atoms. The van der Waals surface area contributed by atoms with Gasteiger partial charge in [0.15, 0.2) is 5.96 Å². The Morgan fingerprint density at radius 2 is 1.77 bits per heavy atom. The first kappa shape index (κ1) is 33.1. The van der Waals surface area contributed by atoms with E-state index in [0.29, 0.717) is 25.3 Å². The summed E-state index contributed by atoms with van der Waals surface area (Å²) in [6.45, 7) is 0.770.